The number of nitrogens with two attached hydrogens (primary N) is 1. The van der Waals surface area contributed by atoms with Crippen LogP contribution >= 0.6 is 0 Å². The van der Waals surface area contributed by atoms with Crippen LogP contribution in [0, 0.1) is 10.1 Å². The normalized spacial score (nSPS) is 10.9. The molecule has 0 bridgehead atoms. The van der Waals surface area contributed by atoms with Crippen molar-refractivity contribution in [1.82, 2.24) is 19.1 Å². The summed E-state index contributed by atoms with van der Waals surface area (Å²) in [6.07, 6.45) is 0. The predicted octanol–water partition coefficient (Wildman–Crippen LogP) is 8.88. The Bertz CT molecular complexity index is 2280. The van der Waals surface area contributed by atoms with Crippen LogP contribution in [0.2, 0.25) is 0 Å². The highest BCUT2D eigenvalue weighted by Crippen LogP contribution is 2.30. The minimum atomic E-state index is -0.399. The second kappa shape index (κ2) is 12.2. The first-order valence-corrected chi connectivity index (χ1v) is 14.7. The molecular weight excluding hydrogens is 572 g/mol. The summed E-state index contributed by atoms with van der Waals surface area (Å²) >= 11 is 0. The van der Waals surface area contributed by atoms with Gasteiger partial charge in [-0.05, 0) is 84.9 Å². The van der Waals surface area contributed by atoms with Gasteiger partial charge in [0.05, 0.1) is 27.0 Å². The Morgan fingerprint density at radius 1 is 0.500 bits per heavy atom. The van der Waals surface area contributed by atoms with Crippen LogP contribution in [0.5, 0.6) is 0 Å². The monoisotopic (exact) mass is 600 g/mol. The van der Waals surface area contributed by atoms with E-state index in [1.165, 1.54) is 12.1 Å². The number of hydrogen-bond acceptors (Lipinski definition) is 5. The number of anilines is 1. The molecule has 0 amide bonds. The zero-order valence-electron chi connectivity index (χ0n) is 24.6. The molecule has 0 saturated heterocycles. The number of non-ortho nitro benzene ring substituents is 1. The van der Waals surface area contributed by atoms with E-state index in [4.69, 9.17) is 15.7 Å². The Morgan fingerprint density at radius 2 is 0.891 bits per heavy atom. The number of imidazole rings is 2. The number of nitro benzene ring substituents is 1. The highest BCUT2D eigenvalue weighted by Gasteiger charge is 2.16. The largest absolute Gasteiger partial charge is 0.399 e. The molecule has 6 aromatic carbocycles. The van der Waals surface area contributed by atoms with Crippen molar-refractivity contribution in [3.8, 4) is 34.2 Å². The lowest BCUT2D eigenvalue weighted by Gasteiger charge is -2.09. The quantitative estimate of drug-likeness (QED) is 0.121. The molecule has 0 unspecified atom stereocenters. The van der Waals surface area contributed by atoms with Gasteiger partial charge in [0.1, 0.15) is 11.6 Å². The first-order valence-electron chi connectivity index (χ1n) is 14.7. The van der Waals surface area contributed by atoms with Gasteiger partial charge in [0.2, 0.25) is 0 Å². The van der Waals surface area contributed by atoms with E-state index in [-0.39, 0.29) is 5.69 Å². The van der Waals surface area contributed by atoms with Crippen molar-refractivity contribution in [2.45, 2.75) is 0 Å². The molecule has 0 aliphatic heterocycles. The molecule has 2 N–H and O–H groups in total. The van der Waals surface area contributed by atoms with Crippen molar-refractivity contribution >= 4 is 33.4 Å². The van der Waals surface area contributed by atoms with Crippen LogP contribution < -0.4 is 5.73 Å². The number of aromatic nitrogens is 4. The average molecular weight is 601 g/mol. The van der Waals surface area contributed by atoms with Crippen LogP contribution in [0.4, 0.5) is 11.4 Å². The second-order valence-corrected chi connectivity index (χ2v) is 10.6. The first kappa shape index (κ1) is 28.2. The molecule has 0 atom stereocenters. The lowest BCUT2D eigenvalue weighted by molar-refractivity contribution is -0.384. The zero-order chi connectivity index (χ0) is 31.5. The number of rotatable bonds is 5. The van der Waals surface area contributed by atoms with E-state index >= 15 is 0 Å². The lowest BCUT2D eigenvalue weighted by atomic mass is 10.2. The third-order valence-corrected chi connectivity index (χ3v) is 7.66. The molecule has 0 spiro atoms. The molecule has 0 aliphatic carbocycles. The number of hydrogen-bond donors (Lipinski definition) is 1. The molecule has 0 fully saturated rings. The Labute approximate surface area is 264 Å². The molecule has 0 radical (unpaired) electrons. The predicted molar refractivity (Wildman–Crippen MR) is 184 cm³/mol. The van der Waals surface area contributed by atoms with Crippen LogP contribution in [0.3, 0.4) is 0 Å². The maximum absolute atomic E-state index is 10.9. The zero-order valence-corrected chi connectivity index (χ0v) is 24.6. The molecule has 8 heteroatoms. The third kappa shape index (κ3) is 5.46. The van der Waals surface area contributed by atoms with E-state index in [1.807, 2.05) is 115 Å². The van der Waals surface area contributed by atoms with Crippen LogP contribution in [-0.2, 0) is 0 Å². The van der Waals surface area contributed by atoms with Crippen LogP contribution in [-0.4, -0.2) is 24.0 Å². The molecule has 8 rings (SSSR count). The fraction of sp³-hybridized carbons (Fsp3) is 0. The maximum atomic E-state index is 10.9. The van der Waals surface area contributed by atoms with E-state index in [9.17, 15) is 10.1 Å². The SMILES string of the molecule is Nc1ccc(-c2nc3ccccc3n2-c2ccccc2)cc1.O=[N+]([O-])c1ccc(-c2nc3ccccc3n2-c2ccccc2)cc1. The van der Waals surface area contributed by atoms with Gasteiger partial charge in [-0.25, -0.2) is 9.97 Å². The number of nitrogens with zero attached hydrogens (tertiary/aromatic N) is 5. The molecule has 46 heavy (non-hydrogen) atoms. The van der Waals surface area contributed by atoms with Crippen molar-refractivity contribution < 1.29 is 4.92 Å². The molecule has 0 saturated carbocycles. The van der Waals surface area contributed by atoms with Crippen molar-refractivity contribution in [1.29, 1.82) is 0 Å². The fourth-order valence-corrected chi connectivity index (χ4v) is 5.48. The van der Waals surface area contributed by atoms with Gasteiger partial charge in [-0.3, -0.25) is 19.2 Å². The summed E-state index contributed by atoms with van der Waals surface area (Å²) in [5.41, 5.74) is 14.6. The van der Waals surface area contributed by atoms with Gasteiger partial charge in [-0.2, -0.15) is 0 Å². The average Bonchev–Trinajstić information content (AvgIpc) is 3.69. The molecule has 8 nitrogen and oxygen atoms in total. The van der Waals surface area contributed by atoms with E-state index in [0.717, 1.165) is 61.9 Å². The number of fused-ring (bicyclic) bond motifs is 2. The van der Waals surface area contributed by atoms with Gasteiger partial charge in [0.25, 0.3) is 5.69 Å². The molecule has 8 aromatic rings. The van der Waals surface area contributed by atoms with E-state index in [2.05, 4.69) is 27.3 Å². The molecule has 2 aromatic heterocycles. The number of nitrogen functional groups attached to an aromatic ring is 1. The third-order valence-electron chi connectivity index (χ3n) is 7.66. The standard InChI is InChI=1S/C19H13N3O2.C19H15N3/c23-22(24)16-12-10-14(11-13-16)19-20-17-8-4-5-9-18(17)21(19)15-6-2-1-3-7-15;20-15-12-10-14(11-13-15)19-21-17-8-4-5-9-18(17)22(19)16-6-2-1-3-7-16/h1-13H;1-13H,20H2. The summed E-state index contributed by atoms with van der Waals surface area (Å²) in [6, 6.07) is 50.6. The van der Waals surface area contributed by atoms with Crippen molar-refractivity contribution in [3.63, 3.8) is 0 Å². The maximum Gasteiger partial charge on any atom is 0.269 e. The highest BCUT2D eigenvalue weighted by molar-refractivity contribution is 5.84. The van der Waals surface area contributed by atoms with Gasteiger partial charge in [-0.15, -0.1) is 0 Å². The minimum Gasteiger partial charge on any atom is -0.399 e. The smallest absolute Gasteiger partial charge is 0.269 e. The molecule has 222 valence electrons. The summed E-state index contributed by atoms with van der Waals surface area (Å²) in [4.78, 5) is 20.0. The van der Waals surface area contributed by atoms with Gasteiger partial charge in [-0.1, -0.05) is 60.7 Å². The van der Waals surface area contributed by atoms with E-state index < -0.39 is 4.92 Å². The van der Waals surface area contributed by atoms with Crippen LogP contribution in [0.15, 0.2) is 158 Å². The van der Waals surface area contributed by atoms with Crippen molar-refractivity contribution in [2.75, 3.05) is 5.73 Å². The molecule has 2 heterocycles. The summed E-state index contributed by atoms with van der Waals surface area (Å²) in [5.74, 6) is 1.68. The van der Waals surface area contributed by atoms with E-state index in [1.54, 1.807) is 12.1 Å². The molecular formula is C38H28N6O2. The molecule has 0 aliphatic rings. The number of para-hydroxylation sites is 6. The Balaban J connectivity index is 0.000000147. The topological polar surface area (TPSA) is 105 Å². The minimum absolute atomic E-state index is 0.0705. The summed E-state index contributed by atoms with van der Waals surface area (Å²) in [7, 11) is 0. The number of nitro groups is 1. The number of benzene rings is 6. The van der Waals surface area contributed by atoms with Crippen molar-refractivity contribution in [2.24, 2.45) is 0 Å². The van der Waals surface area contributed by atoms with E-state index in [0.29, 0.717) is 0 Å². The lowest BCUT2D eigenvalue weighted by Crippen LogP contribution is -1.97. The Hall–Kier alpha value is -6.54. The summed E-state index contributed by atoms with van der Waals surface area (Å²) < 4.78 is 4.25. The summed E-state index contributed by atoms with van der Waals surface area (Å²) in [5, 5.41) is 10.9. The van der Waals surface area contributed by atoms with Gasteiger partial charge >= 0.3 is 0 Å². The summed E-state index contributed by atoms with van der Waals surface area (Å²) in [6.45, 7) is 0. The van der Waals surface area contributed by atoms with Crippen LogP contribution in [0.25, 0.3) is 56.2 Å². The Kier molecular flexibility index (Phi) is 7.50. The Morgan fingerprint density at radius 3 is 1.33 bits per heavy atom. The van der Waals surface area contributed by atoms with Gasteiger partial charge in [0.15, 0.2) is 0 Å². The van der Waals surface area contributed by atoms with Gasteiger partial charge in [0, 0.05) is 40.3 Å². The van der Waals surface area contributed by atoms with Crippen molar-refractivity contribution in [3.05, 3.63) is 168 Å². The highest BCUT2D eigenvalue weighted by atomic mass is 16.6. The second-order valence-electron chi connectivity index (χ2n) is 10.6. The van der Waals surface area contributed by atoms with Gasteiger partial charge < -0.3 is 5.73 Å². The fourth-order valence-electron chi connectivity index (χ4n) is 5.48. The first-order chi connectivity index (χ1) is 22.6. The van der Waals surface area contributed by atoms with Crippen LogP contribution in [0.1, 0.15) is 0 Å².